The van der Waals surface area contributed by atoms with Gasteiger partial charge in [-0.05, 0) is 42.9 Å². The number of carbonyl (C=O) groups is 2. The zero-order chi connectivity index (χ0) is 22.6. The van der Waals surface area contributed by atoms with Gasteiger partial charge in [-0.25, -0.2) is 0 Å². The molecule has 0 bridgehead atoms. The van der Waals surface area contributed by atoms with Crippen molar-refractivity contribution in [2.75, 3.05) is 0 Å². The van der Waals surface area contributed by atoms with Crippen LogP contribution in [0.15, 0.2) is 0 Å². The lowest BCUT2D eigenvalue weighted by Gasteiger charge is -2.49. The topological polar surface area (TPSA) is 74.6 Å². The summed E-state index contributed by atoms with van der Waals surface area (Å²) in [6.07, 6.45) is 15.5. The summed E-state index contributed by atoms with van der Waals surface area (Å²) >= 11 is 0. The summed E-state index contributed by atoms with van der Waals surface area (Å²) in [6.45, 7) is 8.97. The number of rotatable bonds is 16. The summed E-state index contributed by atoms with van der Waals surface area (Å²) in [4.78, 5) is 24.7. The predicted molar refractivity (Wildman–Crippen MR) is 124 cm³/mol. The van der Waals surface area contributed by atoms with Gasteiger partial charge in [-0.15, -0.1) is 0 Å². The molecule has 0 spiro atoms. The van der Waals surface area contributed by atoms with E-state index in [1.807, 2.05) is 0 Å². The van der Waals surface area contributed by atoms with Crippen LogP contribution in [0, 0.1) is 22.7 Å². The zero-order valence-corrected chi connectivity index (χ0v) is 20.2. The lowest BCUT2D eigenvalue weighted by molar-refractivity contribution is -0.183. The molecule has 0 aromatic heterocycles. The third-order valence-corrected chi connectivity index (χ3v) is 7.47. The van der Waals surface area contributed by atoms with Gasteiger partial charge in [-0.1, -0.05) is 105 Å². The summed E-state index contributed by atoms with van der Waals surface area (Å²) in [7, 11) is 0. The zero-order valence-electron chi connectivity index (χ0n) is 20.2. The Bertz CT molecular complexity index is 475. The smallest absolute Gasteiger partial charge is 0.321 e. The number of hydrogen-bond acceptors (Lipinski definition) is 2. The highest BCUT2D eigenvalue weighted by Crippen LogP contribution is 2.57. The minimum absolute atomic E-state index is 0.290. The van der Waals surface area contributed by atoms with Gasteiger partial charge < -0.3 is 10.2 Å². The Kier molecular flexibility index (Phi) is 12.0. The highest BCUT2D eigenvalue weighted by atomic mass is 16.4. The molecule has 0 saturated heterocycles. The first-order valence-corrected chi connectivity index (χ1v) is 12.6. The van der Waals surface area contributed by atoms with Crippen molar-refractivity contribution in [1.82, 2.24) is 0 Å². The normalized spacial score (nSPS) is 18.1. The Morgan fingerprint density at radius 2 is 1.07 bits per heavy atom. The molecule has 1 aliphatic carbocycles. The van der Waals surface area contributed by atoms with Crippen molar-refractivity contribution >= 4 is 11.9 Å². The van der Waals surface area contributed by atoms with Gasteiger partial charge in [0.15, 0.2) is 5.41 Å². The number of unbranched alkanes of at least 4 members (excludes halogenated alkanes) is 6. The molecule has 176 valence electrons. The summed E-state index contributed by atoms with van der Waals surface area (Å²) in [6, 6.07) is 0. The van der Waals surface area contributed by atoms with Crippen LogP contribution in [0.3, 0.4) is 0 Å². The average Bonchev–Trinajstić information content (AvgIpc) is 2.66. The third-order valence-electron chi connectivity index (χ3n) is 7.47. The molecule has 1 rings (SSSR count). The average molecular weight is 425 g/mol. The Morgan fingerprint density at radius 3 is 1.47 bits per heavy atom. The van der Waals surface area contributed by atoms with E-state index in [4.69, 9.17) is 0 Å². The van der Waals surface area contributed by atoms with E-state index in [0.717, 1.165) is 76.0 Å². The summed E-state index contributed by atoms with van der Waals surface area (Å²) in [5, 5.41) is 20.2. The number of hydrogen-bond donors (Lipinski definition) is 2. The van der Waals surface area contributed by atoms with E-state index >= 15 is 0 Å². The Morgan fingerprint density at radius 1 is 0.667 bits per heavy atom. The van der Waals surface area contributed by atoms with Crippen LogP contribution in [0.1, 0.15) is 130 Å². The minimum atomic E-state index is -1.60. The fourth-order valence-electron chi connectivity index (χ4n) is 5.63. The molecular weight excluding hydrogens is 376 g/mol. The summed E-state index contributed by atoms with van der Waals surface area (Å²) in [5.41, 5.74) is -2.18. The second kappa shape index (κ2) is 13.4. The fourth-order valence-corrected chi connectivity index (χ4v) is 5.63. The number of carboxylic acids is 2. The second-order valence-electron chi connectivity index (χ2n) is 10.7. The Balaban J connectivity index is 2.81. The van der Waals surface area contributed by atoms with E-state index in [0.29, 0.717) is 12.8 Å². The van der Waals surface area contributed by atoms with E-state index in [1.165, 1.54) is 25.7 Å². The van der Waals surface area contributed by atoms with Crippen molar-refractivity contribution in [1.29, 1.82) is 0 Å². The van der Waals surface area contributed by atoms with Crippen molar-refractivity contribution in [3.8, 4) is 0 Å². The maximum atomic E-state index is 12.4. The second-order valence-corrected chi connectivity index (χ2v) is 10.7. The third kappa shape index (κ3) is 7.57. The van der Waals surface area contributed by atoms with Crippen LogP contribution < -0.4 is 0 Å². The Labute approximate surface area is 185 Å². The quantitative estimate of drug-likeness (QED) is 0.197. The molecule has 0 unspecified atom stereocenters. The van der Waals surface area contributed by atoms with Gasteiger partial charge in [-0.3, -0.25) is 9.59 Å². The lowest BCUT2D eigenvalue weighted by atomic mass is 9.52. The molecule has 1 aliphatic rings. The predicted octanol–water partition coefficient (Wildman–Crippen LogP) is 7.70. The molecule has 1 fully saturated rings. The molecule has 0 amide bonds. The standard InChI is InChI=1S/C26H48O4/c1-21(2)15-9-5-7-11-17-25(18-12-8-6-10-16-22(3)4)19-13-14-20-26(25,23(27)28)24(29)30/h21-22H,5-20H2,1-4H3,(H,27,28)(H,29,30). The van der Waals surface area contributed by atoms with Crippen molar-refractivity contribution in [2.45, 2.75) is 130 Å². The monoisotopic (exact) mass is 424 g/mol. The van der Waals surface area contributed by atoms with Crippen LogP contribution in [0.25, 0.3) is 0 Å². The Hall–Kier alpha value is -1.06. The van der Waals surface area contributed by atoms with Crippen LogP contribution in [0.2, 0.25) is 0 Å². The van der Waals surface area contributed by atoms with Crippen molar-refractivity contribution in [2.24, 2.45) is 22.7 Å². The van der Waals surface area contributed by atoms with E-state index in [9.17, 15) is 19.8 Å². The maximum absolute atomic E-state index is 12.4. The first kappa shape index (κ1) is 27.0. The number of carboxylic acid groups (broad SMARTS) is 2. The highest BCUT2D eigenvalue weighted by molar-refractivity contribution is 5.99. The van der Waals surface area contributed by atoms with Crippen LogP contribution >= 0.6 is 0 Å². The summed E-state index contributed by atoms with van der Waals surface area (Å²) < 4.78 is 0. The first-order chi connectivity index (χ1) is 14.2. The highest BCUT2D eigenvalue weighted by Gasteiger charge is 2.62. The molecule has 4 nitrogen and oxygen atoms in total. The van der Waals surface area contributed by atoms with Gasteiger partial charge in [0.1, 0.15) is 0 Å². The summed E-state index contributed by atoms with van der Waals surface area (Å²) in [5.74, 6) is -0.766. The molecule has 30 heavy (non-hydrogen) atoms. The maximum Gasteiger partial charge on any atom is 0.321 e. The van der Waals surface area contributed by atoms with E-state index in [1.54, 1.807) is 0 Å². The SMILES string of the molecule is CC(C)CCCCCCC1(CCCCCCC(C)C)CCCCC1(C(=O)O)C(=O)O. The van der Waals surface area contributed by atoms with Crippen LogP contribution in [-0.2, 0) is 9.59 Å². The molecular formula is C26H48O4. The van der Waals surface area contributed by atoms with Gasteiger partial charge in [-0.2, -0.15) is 0 Å². The molecule has 0 atom stereocenters. The van der Waals surface area contributed by atoms with Gasteiger partial charge >= 0.3 is 11.9 Å². The lowest BCUT2D eigenvalue weighted by Crippen LogP contribution is -2.55. The van der Waals surface area contributed by atoms with E-state index in [-0.39, 0.29) is 0 Å². The van der Waals surface area contributed by atoms with E-state index in [2.05, 4.69) is 27.7 Å². The first-order valence-electron chi connectivity index (χ1n) is 12.6. The van der Waals surface area contributed by atoms with Gasteiger partial charge in [0, 0.05) is 0 Å². The molecule has 0 aromatic rings. The van der Waals surface area contributed by atoms with Crippen LogP contribution in [-0.4, -0.2) is 22.2 Å². The van der Waals surface area contributed by atoms with Crippen LogP contribution in [0.5, 0.6) is 0 Å². The molecule has 0 heterocycles. The van der Waals surface area contributed by atoms with Gasteiger partial charge in [0.25, 0.3) is 0 Å². The molecule has 4 heteroatoms. The van der Waals surface area contributed by atoms with Crippen molar-refractivity contribution in [3.05, 3.63) is 0 Å². The minimum Gasteiger partial charge on any atom is -0.480 e. The van der Waals surface area contributed by atoms with Crippen molar-refractivity contribution < 1.29 is 19.8 Å². The van der Waals surface area contributed by atoms with Gasteiger partial charge in [0.2, 0.25) is 0 Å². The molecule has 0 aliphatic heterocycles. The largest absolute Gasteiger partial charge is 0.480 e. The van der Waals surface area contributed by atoms with Crippen LogP contribution in [0.4, 0.5) is 0 Å². The van der Waals surface area contributed by atoms with Gasteiger partial charge in [0.05, 0.1) is 0 Å². The molecule has 0 aromatic carbocycles. The molecule has 1 saturated carbocycles. The van der Waals surface area contributed by atoms with E-state index < -0.39 is 22.8 Å². The molecule has 2 N–H and O–H groups in total. The molecule has 0 radical (unpaired) electrons. The van der Waals surface area contributed by atoms with Crippen molar-refractivity contribution in [3.63, 3.8) is 0 Å². The fraction of sp³-hybridized carbons (Fsp3) is 0.923. The number of aliphatic carboxylic acids is 2.